The van der Waals surface area contributed by atoms with Crippen molar-refractivity contribution >= 4 is 0 Å². The number of aliphatic hydroxyl groups excluding tert-OH is 1. The third-order valence-corrected chi connectivity index (χ3v) is 3.58. The Bertz CT molecular complexity index is 522. The largest absolute Gasteiger partial charge is 0.392 e. The fourth-order valence-electron chi connectivity index (χ4n) is 2.41. The van der Waals surface area contributed by atoms with Crippen LogP contribution in [0.15, 0.2) is 48.5 Å². The van der Waals surface area contributed by atoms with Crippen molar-refractivity contribution in [3.8, 4) is 0 Å². The van der Waals surface area contributed by atoms with Gasteiger partial charge < -0.3 is 5.11 Å². The van der Waals surface area contributed by atoms with E-state index in [9.17, 15) is 4.39 Å². The molecule has 0 aliphatic rings. The fraction of sp³-hybridized carbons (Fsp3) is 0.333. The van der Waals surface area contributed by atoms with E-state index in [0.29, 0.717) is 5.56 Å². The zero-order chi connectivity index (χ0) is 14.2. The molecule has 0 aromatic heterocycles. The van der Waals surface area contributed by atoms with Crippen LogP contribution in [0.4, 0.5) is 4.39 Å². The number of hydrogen-bond acceptors (Lipinski definition) is 1. The second-order valence-electron chi connectivity index (χ2n) is 5.09. The van der Waals surface area contributed by atoms with E-state index in [1.165, 1.54) is 5.56 Å². The molecule has 0 atom stereocenters. The number of halogens is 1. The summed E-state index contributed by atoms with van der Waals surface area (Å²) < 4.78 is 13.9. The summed E-state index contributed by atoms with van der Waals surface area (Å²) in [6.45, 7) is -0.228. The summed E-state index contributed by atoms with van der Waals surface area (Å²) in [5.74, 6) is -0.238. The van der Waals surface area contributed by atoms with Gasteiger partial charge in [0.1, 0.15) is 5.82 Å². The van der Waals surface area contributed by atoms with Crippen LogP contribution in [0.1, 0.15) is 36.0 Å². The van der Waals surface area contributed by atoms with Crippen molar-refractivity contribution in [2.24, 2.45) is 0 Å². The summed E-state index contributed by atoms with van der Waals surface area (Å²) in [6.07, 6.45) is 5.04. The van der Waals surface area contributed by atoms with Gasteiger partial charge >= 0.3 is 0 Å². The van der Waals surface area contributed by atoms with Gasteiger partial charge in [0.15, 0.2) is 0 Å². The predicted octanol–water partition coefficient (Wildman–Crippen LogP) is 4.27. The predicted molar refractivity (Wildman–Crippen MR) is 80.0 cm³/mol. The molecule has 2 heteroatoms. The average Bonchev–Trinajstić information content (AvgIpc) is 2.49. The lowest BCUT2D eigenvalue weighted by atomic mass is 10.0. The lowest BCUT2D eigenvalue weighted by molar-refractivity contribution is 0.275. The zero-order valence-corrected chi connectivity index (χ0v) is 11.7. The summed E-state index contributed by atoms with van der Waals surface area (Å²) in [4.78, 5) is 0. The Morgan fingerprint density at radius 1 is 0.750 bits per heavy atom. The summed E-state index contributed by atoms with van der Waals surface area (Å²) in [5.41, 5.74) is 2.48. The number of unbranched alkanes of at least 4 members (excludes halogenated alkanes) is 2. The first-order valence-electron chi connectivity index (χ1n) is 7.22. The molecule has 20 heavy (non-hydrogen) atoms. The molecule has 0 heterocycles. The summed E-state index contributed by atoms with van der Waals surface area (Å²) in [5, 5.41) is 9.04. The molecule has 0 aliphatic heterocycles. The van der Waals surface area contributed by atoms with Gasteiger partial charge in [-0.05, 0) is 36.8 Å². The van der Waals surface area contributed by atoms with Gasteiger partial charge in [0.25, 0.3) is 0 Å². The van der Waals surface area contributed by atoms with Gasteiger partial charge in [-0.25, -0.2) is 4.39 Å². The van der Waals surface area contributed by atoms with Crippen LogP contribution in [0.5, 0.6) is 0 Å². The first-order chi connectivity index (χ1) is 9.81. The van der Waals surface area contributed by atoms with E-state index in [1.807, 2.05) is 18.2 Å². The molecule has 2 aromatic rings. The Kier molecular flexibility index (Phi) is 5.75. The molecule has 0 bridgehead atoms. The Labute approximate surface area is 120 Å². The Balaban J connectivity index is 1.74. The molecule has 0 aliphatic carbocycles. The summed E-state index contributed by atoms with van der Waals surface area (Å²) in [7, 11) is 0. The molecular weight excluding hydrogens is 251 g/mol. The van der Waals surface area contributed by atoms with Crippen molar-refractivity contribution in [3.63, 3.8) is 0 Å². The maximum absolute atomic E-state index is 13.9. The maximum atomic E-state index is 13.9. The third-order valence-electron chi connectivity index (χ3n) is 3.58. The number of aliphatic hydroxyl groups is 1. The highest BCUT2D eigenvalue weighted by atomic mass is 19.1. The summed E-state index contributed by atoms with van der Waals surface area (Å²) >= 11 is 0. The van der Waals surface area contributed by atoms with Crippen molar-refractivity contribution in [1.29, 1.82) is 0 Å². The van der Waals surface area contributed by atoms with Crippen LogP contribution in [0.25, 0.3) is 0 Å². The first kappa shape index (κ1) is 14.7. The van der Waals surface area contributed by atoms with E-state index < -0.39 is 0 Å². The van der Waals surface area contributed by atoms with Crippen LogP contribution < -0.4 is 0 Å². The van der Waals surface area contributed by atoms with Crippen molar-refractivity contribution in [1.82, 2.24) is 0 Å². The quantitative estimate of drug-likeness (QED) is 0.746. The van der Waals surface area contributed by atoms with Crippen LogP contribution in [0.2, 0.25) is 0 Å². The number of aryl methyl sites for hydroxylation is 2. The maximum Gasteiger partial charge on any atom is 0.131 e. The molecule has 106 valence electrons. The van der Waals surface area contributed by atoms with Gasteiger partial charge in [0.2, 0.25) is 0 Å². The van der Waals surface area contributed by atoms with E-state index in [2.05, 4.69) is 24.3 Å². The molecule has 0 saturated carbocycles. The van der Waals surface area contributed by atoms with Crippen LogP contribution in [0.3, 0.4) is 0 Å². The lowest BCUT2D eigenvalue weighted by Gasteiger charge is -2.06. The highest BCUT2D eigenvalue weighted by Gasteiger charge is 2.06. The molecule has 1 nitrogen and oxygen atoms in total. The topological polar surface area (TPSA) is 20.2 Å². The van der Waals surface area contributed by atoms with Crippen molar-refractivity contribution < 1.29 is 9.50 Å². The van der Waals surface area contributed by atoms with Crippen LogP contribution in [-0.4, -0.2) is 5.11 Å². The zero-order valence-electron chi connectivity index (χ0n) is 11.7. The van der Waals surface area contributed by atoms with E-state index in [4.69, 9.17) is 5.11 Å². The Morgan fingerprint density at radius 2 is 1.45 bits per heavy atom. The number of benzene rings is 2. The van der Waals surface area contributed by atoms with Gasteiger partial charge in [0.05, 0.1) is 6.61 Å². The van der Waals surface area contributed by atoms with E-state index >= 15 is 0 Å². The minimum atomic E-state index is -0.238. The number of rotatable bonds is 7. The van der Waals surface area contributed by atoms with Crippen LogP contribution >= 0.6 is 0 Å². The summed E-state index contributed by atoms with van der Waals surface area (Å²) in [6, 6.07) is 15.7. The van der Waals surface area contributed by atoms with E-state index in [1.54, 1.807) is 6.07 Å². The van der Waals surface area contributed by atoms with Crippen LogP contribution in [0, 0.1) is 5.82 Å². The standard InChI is InChI=1S/C18H21FO/c19-18-16(12-7-13-17(18)14-20)11-6-2-5-10-15-8-3-1-4-9-15/h1,3-4,7-9,12-13,20H,2,5-6,10-11,14H2. The Morgan fingerprint density at radius 3 is 2.20 bits per heavy atom. The van der Waals surface area contributed by atoms with Gasteiger partial charge in [-0.2, -0.15) is 0 Å². The highest BCUT2D eigenvalue weighted by Crippen LogP contribution is 2.16. The van der Waals surface area contributed by atoms with Gasteiger partial charge in [-0.3, -0.25) is 0 Å². The van der Waals surface area contributed by atoms with Gasteiger partial charge in [-0.1, -0.05) is 55.0 Å². The molecule has 0 spiro atoms. The molecule has 2 aromatic carbocycles. The second kappa shape index (κ2) is 7.81. The highest BCUT2D eigenvalue weighted by molar-refractivity contribution is 5.25. The van der Waals surface area contributed by atoms with Crippen molar-refractivity contribution in [2.45, 2.75) is 38.7 Å². The minimum absolute atomic E-state index is 0.228. The SMILES string of the molecule is OCc1cccc(CCCCCc2ccccc2)c1F. The Hall–Kier alpha value is -1.67. The fourth-order valence-corrected chi connectivity index (χ4v) is 2.41. The first-order valence-corrected chi connectivity index (χ1v) is 7.22. The van der Waals surface area contributed by atoms with Crippen LogP contribution in [-0.2, 0) is 19.4 Å². The minimum Gasteiger partial charge on any atom is -0.392 e. The molecule has 0 saturated heterocycles. The molecule has 2 rings (SSSR count). The smallest absolute Gasteiger partial charge is 0.131 e. The third kappa shape index (κ3) is 4.17. The van der Waals surface area contributed by atoms with Crippen molar-refractivity contribution in [3.05, 3.63) is 71.0 Å². The second-order valence-corrected chi connectivity index (χ2v) is 5.09. The van der Waals surface area contributed by atoms with Gasteiger partial charge in [-0.15, -0.1) is 0 Å². The number of hydrogen-bond donors (Lipinski definition) is 1. The average molecular weight is 272 g/mol. The lowest BCUT2D eigenvalue weighted by Crippen LogP contribution is -1.97. The van der Waals surface area contributed by atoms with Crippen molar-refractivity contribution in [2.75, 3.05) is 0 Å². The van der Waals surface area contributed by atoms with Gasteiger partial charge in [0, 0.05) is 5.56 Å². The molecule has 0 amide bonds. The molecule has 0 unspecified atom stereocenters. The normalized spacial score (nSPS) is 10.7. The van der Waals surface area contributed by atoms with E-state index in [-0.39, 0.29) is 12.4 Å². The monoisotopic (exact) mass is 272 g/mol. The molecule has 1 N–H and O–H groups in total. The van der Waals surface area contributed by atoms with E-state index in [0.717, 1.165) is 37.7 Å². The molecular formula is C18H21FO. The molecule has 0 fully saturated rings. The molecule has 0 radical (unpaired) electrons.